The Morgan fingerprint density at radius 1 is 1.38 bits per heavy atom. The van der Waals surface area contributed by atoms with Gasteiger partial charge in [-0.2, -0.15) is 0 Å². The Kier molecular flexibility index (Phi) is 3.66. The number of aliphatic carboxylic acids is 1. The molecule has 3 N–H and O–H groups in total. The van der Waals surface area contributed by atoms with Gasteiger partial charge in [-0.15, -0.1) is 0 Å². The van der Waals surface area contributed by atoms with E-state index < -0.39 is 21.8 Å². The summed E-state index contributed by atoms with van der Waals surface area (Å²) in [6.45, 7) is 0. The van der Waals surface area contributed by atoms with Crippen LogP contribution in [0.15, 0.2) is 29.2 Å². The summed E-state index contributed by atoms with van der Waals surface area (Å²) in [4.78, 5) is 10.7. The van der Waals surface area contributed by atoms with Gasteiger partial charge in [-0.25, -0.2) is 8.42 Å². The van der Waals surface area contributed by atoms with Crippen molar-refractivity contribution >= 4 is 15.8 Å². The van der Waals surface area contributed by atoms with Crippen molar-refractivity contribution in [2.45, 2.75) is 17.4 Å². The lowest BCUT2D eigenvalue weighted by Crippen LogP contribution is -2.32. The second-order valence-corrected chi connectivity index (χ2v) is 5.58. The number of sulfone groups is 1. The number of benzene rings is 1. The highest BCUT2D eigenvalue weighted by molar-refractivity contribution is 7.90. The molecule has 1 aromatic carbocycles. The molecule has 0 aliphatic rings. The van der Waals surface area contributed by atoms with Gasteiger partial charge in [0.15, 0.2) is 9.84 Å². The first-order chi connectivity index (χ1) is 7.30. The second kappa shape index (κ2) is 4.63. The van der Waals surface area contributed by atoms with Crippen LogP contribution in [0.1, 0.15) is 5.56 Å². The molecule has 1 aromatic rings. The minimum Gasteiger partial charge on any atom is -0.480 e. The molecule has 0 radical (unpaired) electrons. The number of carboxylic acids is 1. The van der Waals surface area contributed by atoms with E-state index in [0.29, 0.717) is 5.56 Å². The maximum absolute atomic E-state index is 11.2. The average Bonchev–Trinajstić information content (AvgIpc) is 2.17. The Hall–Kier alpha value is -1.40. The van der Waals surface area contributed by atoms with Crippen LogP contribution in [0.5, 0.6) is 0 Å². The molecule has 16 heavy (non-hydrogen) atoms. The molecule has 0 bridgehead atoms. The summed E-state index contributed by atoms with van der Waals surface area (Å²) in [5.74, 6) is -1.08. The second-order valence-electron chi connectivity index (χ2n) is 3.56. The maximum Gasteiger partial charge on any atom is 0.320 e. The first kappa shape index (κ1) is 12.7. The summed E-state index contributed by atoms with van der Waals surface area (Å²) in [6, 6.07) is 5.06. The molecular weight excluding hydrogens is 230 g/mol. The van der Waals surface area contributed by atoms with Gasteiger partial charge in [-0.3, -0.25) is 4.79 Å². The molecule has 0 aliphatic heterocycles. The largest absolute Gasteiger partial charge is 0.480 e. The van der Waals surface area contributed by atoms with E-state index in [1.807, 2.05) is 0 Å². The Labute approximate surface area is 93.8 Å². The van der Waals surface area contributed by atoms with E-state index in [2.05, 4.69) is 0 Å². The van der Waals surface area contributed by atoms with E-state index in [9.17, 15) is 13.2 Å². The van der Waals surface area contributed by atoms with Gasteiger partial charge in [0.25, 0.3) is 0 Å². The molecule has 88 valence electrons. The van der Waals surface area contributed by atoms with Crippen LogP contribution >= 0.6 is 0 Å². The lowest BCUT2D eigenvalue weighted by Gasteiger charge is -2.06. The number of carboxylic acid groups (broad SMARTS) is 1. The van der Waals surface area contributed by atoms with Crippen molar-refractivity contribution in [3.05, 3.63) is 29.8 Å². The van der Waals surface area contributed by atoms with Crippen molar-refractivity contribution in [3.8, 4) is 0 Å². The van der Waals surface area contributed by atoms with Gasteiger partial charge in [0.2, 0.25) is 0 Å². The van der Waals surface area contributed by atoms with Crippen LogP contribution in [-0.4, -0.2) is 31.8 Å². The lowest BCUT2D eigenvalue weighted by molar-refractivity contribution is -0.138. The van der Waals surface area contributed by atoms with E-state index in [1.54, 1.807) is 12.1 Å². The Balaban J connectivity index is 2.84. The number of hydrogen-bond acceptors (Lipinski definition) is 4. The summed E-state index contributed by atoms with van der Waals surface area (Å²) in [5.41, 5.74) is 6.05. The highest BCUT2D eigenvalue weighted by atomic mass is 32.2. The van der Waals surface area contributed by atoms with Crippen molar-refractivity contribution in [2.24, 2.45) is 5.73 Å². The molecule has 1 rings (SSSR count). The fraction of sp³-hybridized carbons (Fsp3) is 0.300. The fourth-order valence-electron chi connectivity index (χ4n) is 1.21. The fourth-order valence-corrected chi connectivity index (χ4v) is 1.84. The number of carbonyl (C=O) groups is 1. The zero-order valence-electron chi connectivity index (χ0n) is 8.75. The van der Waals surface area contributed by atoms with Crippen molar-refractivity contribution < 1.29 is 18.3 Å². The SMILES string of the molecule is CS(=O)(=O)c1ccc(CC(N)C(=O)O)cc1. The number of rotatable bonds is 4. The predicted molar refractivity (Wildman–Crippen MR) is 58.9 cm³/mol. The number of hydrogen-bond donors (Lipinski definition) is 2. The Bertz CT molecular complexity index is 478. The zero-order chi connectivity index (χ0) is 12.3. The van der Waals surface area contributed by atoms with Crippen LogP contribution in [0.4, 0.5) is 0 Å². The van der Waals surface area contributed by atoms with E-state index in [-0.39, 0.29) is 11.3 Å². The molecule has 5 nitrogen and oxygen atoms in total. The van der Waals surface area contributed by atoms with Crippen LogP contribution in [0.25, 0.3) is 0 Å². The van der Waals surface area contributed by atoms with Gasteiger partial charge >= 0.3 is 5.97 Å². The molecule has 1 atom stereocenters. The minimum absolute atomic E-state index is 0.180. The van der Waals surface area contributed by atoms with Gasteiger partial charge in [-0.1, -0.05) is 12.1 Å². The molecule has 1 unspecified atom stereocenters. The van der Waals surface area contributed by atoms with Crippen LogP contribution in [-0.2, 0) is 21.1 Å². The quantitative estimate of drug-likeness (QED) is 0.778. The van der Waals surface area contributed by atoms with Crippen molar-refractivity contribution in [1.29, 1.82) is 0 Å². The van der Waals surface area contributed by atoms with E-state index in [1.165, 1.54) is 12.1 Å². The van der Waals surface area contributed by atoms with E-state index in [4.69, 9.17) is 10.8 Å². The maximum atomic E-state index is 11.2. The van der Waals surface area contributed by atoms with E-state index in [0.717, 1.165) is 6.26 Å². The van der Waals surface area contributed by atoms with Gasteiger partial charge in [0, 0.05) is 6.26 Å². The van der Waals surface area contributed by atoms with Crippen molar-refractivity contribution in [3.63, 3.8) is 0 Å². The highest BCUT2D eigenvalue weighted by Crippen LogP contribution is 2.11. The summed E-state index contributed by atoms with van der Waals surface area (Å²) < 4.78 is 22.3. The Morgan fingerprint density at radius 2 is 1.88 bits per heavy atom. The topological polar surface area (TPSA) is 97.5 Å². The first-order valence-corrected chi connectivity index (χ1v) is 6.47. The number of nitrogens with two attached hydrogens (primary N) is 1. The van der Waals surface area contributed by atoms with Crippen LogP contribution in [0, 0.1) is 0 Å². The summed E-state index contributed by atoms with van der Waals surface area (Å²) in [7, 11) is -3.21. The molecule has 0 aliphatic carbocycles. The molecule has 6 heteroatoms. The van der Waals surface area contributed by atoms with E-state index >= 15 is 0 Å². The van der Waals surface area contributed by atoms with Crippen LogP contribution in [0.2, 0.25) is 0 Å². The average molecular weight is 243 g/mol. The van der Waals surface area contributed by atoms with Crippen molar-refractivity contribution in [2.75, 3.05) is 6.26 Å². The molecule has 0 spiro atoms. The Morgan fingerprint density at radius 3 is 2.25 bits per heavy atom. The van der Waals surface area contributed by atoms with Gasteiger partial charge in [-0.05, 0) is 24.1 Å². The van der Waals surface area contributed by atoms with Crippen LogP contribution in [0.3, 0.4) is 0 Å². The third kappa shape index (κ3) is 3.32. The van der Waals surface area contributed by atoms with Gasteiger partial charge in [0.05, 0.1) is 4.90 Å². The standard InChI is InChI=1S/C10H13NO4S/c1-16(14,15)8-4-2-7(3-5-8)6-9(11)10(12)13/h2-5,9H,6,11H2,1H3,(H,12,13). The van der Waals surface area contributed by atoms with Gasteiger partial charge in [0.1, 0.15) is 6.04 Å². The molecule has 0 heterocycles. The minimum atomic E-state index is -3.21. The highest BCUT2D eigenvalue weighted by Gasteiger charge is 2.12. The van der Waals surface area contributed by atoms with Crippen molar-refractivity contribution in [1.82, 2.24) is 0 Å². The molecule has 0 amide bonds. The smallest absolute Gasteiger partial charge is 0.320 e. The summed E-state index contributed by atoms with van der Waals surface area (Å²) in [6.07, 6.45) is 1.30. The predicted octanol–water partition coefficient (Wildman–Crippen LogP) is 0.0445. The third-order valence-corrected chi connectivity index (χ3v) is 3.25. The molecular formula is C10H13NO4S. The molecule has 0 fully saturated rings. The molecule has 0 saturated heterocycles. The first-order valence-electron chi connectivity index (χ1n) is 4.58. The summed E-state index contributed by atoms with van der Waals surface area (Å²) >= 11 is 0. The van der Waals surface area contributed by atoms with Gasteiger partial charge < -0.3 is 10.8 Å². The normalized spacial score (nSPS) is 13.4. The summed E-state index contributed by atoms with van der Waals surface area (Å²) in [5, 5.41) is 8.61. The monoisotopic (exact) mass is 243 g/mol. The van der Waals surface area contributed by atoms with Crippen LogP contribution < -0.4 is 5.73 Å². The zero-order valence-corrected chi connectivity index (χ0v) is 9.57. The third-order valence-electron chi connectivity index (χ3n) is 2.12. The lowest BCUT2D eigenvalue weighted by atomic mass is 10.1. The molecule has 0 aromatic heterocycles. The molecule has 0 saturated carbocycles.